The number of nitriles is 1. The Morgan fingerprint density at radius 3 is 2.22 bits per heavy atom. The number of hydrogen-bond donors (Lipinski definition) is 1. The summed E-state index contributed by atoms with van der Waals surface area (Å²) in [6.07, 6.45) is 4.10. The van der Waals surface area contributed by atoms with Gasteiger partial charge in [0.25, 0.3) is 0 Å². The van der Waals surface area contributed by atoms with E-state index < -0.39 is 0 Å². The van der Waals surface area contributed by atoms with Gasteiger partial charge in [0.05, 0.1) is 6.07 Å². The minimum Gasteiger partial charge on any atom is -0.328 e. The second kappa shape index (κ2) is 2.84. The van der Waals surface area contributed by atoms with Crippen LogP contribution in [-0.4, -0.2) is 6.04 Å². The number of rotatable bonds is 0. The van der Waals surface area contributed by atoms with E-state index in [0.29, 0.717) is 12.0 Å². The number of nitrogens with two attached hydrogens (primary N) is 1. The first kappa shape index (κ1) is 6.57. The monoisotopic (exact) mass is 124 g/mol. The quantitative estimate of drug-likeness (QED) is 0.524. The lowest BCUT2D eigenvalue weighted by Crippen LogP contribution is -2.25. The summed E-state index contributed by atoms with van der Waals surface area (Å²) in [6.45, 7) is 0. The van der Waals surface area contributed by atoms with Gasteiger partial charge in [-0.05, 0) is 25.7 Å². The zero-order chi connectivity index (χ0) is 6.69. The Hall–Kier alpha value is -0.550. The van der Waals surface area contributed by atoms with Gasteiger partial charge in [-0.2, -0.15) is 5.26 Å². The van der Waals surface area contributed by atoms with E-state index in [1.54, 1.807) is 0 Å². The van der Waals surface area contributed by atoms with Gasteiger partial charge in [0.15, 0.2) is 0 Å². The largest absolute Gasteiger partial charge is 0.328 e. The van der Waals surface area contributed by atoms with E-state index in [-0.39, 0.29) is 0 Å². The third kappa shape index (κ3) is 1.69. The van der Waals surface area contributed by atoms with E-state index in [1.807, 2.05) is 0 Å². The van der Waals surface area contributed by atoms with E-state index in [2.05, 4.69) is 6.07 Å². The van der Waals surface area contributed by atoms with Gasteiger partial charge in [0, 0.05) is 12.0 Å². The van der Waals surface area contributed by atoms with Crippen molar-refractivity contribution in [2.75, 3.05) is 0 Å². The van der Waals surface area contributed by atoms with Crippen LogP contribution in [0.2, 0.25) is 0 Å². The highest BCUT2D eigenvalue weighted by Gasteiger charge is 2.16. The standard InChI is InChI=1S/C7H12N2/c8-5-6-1-3-7(9)4-2-6/h6-7H,1-4,9H2/t6-,7+. The molecule has 0 aromatic carbocycles. The van der Waals surface area contributed by atoms with Crippen molar-refractivity contribution in [1.29, 1.82) is 5.26 Å². The molecule has 0 heterocycles. The van der Waals surface area contributed by atoms with Crippen molar-refractivity contribution >= 4 is 0 Å². The molecule has 0 aliphatic heterocycles. The molecule has 1 aliphatic carbocycles. The highest BCUT2D eigenvalue weighted by atomic mass is 14.6. The third-order valence-electron chi connectivity index (χ3n) is 1.95. The molecular weight excluding hydrogens is 112 g/mol. The molecule has 2 nitrogen and oxygen atoms in total. The molecule has 9 heavy (non-hydrogen) atoms. The molecular formula is C7H12N2. The summed E-state index contributed by atoms with van der Waals surface area (Å²) >= 11 is 0. The predicted molar refractivity (Wildman–Crippen MR) is 35.5 cm³/mol. The summed E-state index contributed by atoms with van der Waals surface area (Å²) in [6, 6.07) is 2.64. The highest BCUT2D eigenvalue weighted by molar-refractivity contribution is 4.87. The van der Waals surface area contributed by atoms with E-state index in [1.165, 1.54) is 0 Å². The molecule has 1 aliphatic rings. The van der Waals surface area contributed by atoms with Crippen LogP contribution in [0, 0.1) is 17.2 Å². The van der Waals surface area contributed by atoms with Crippen molar-refractivity contribution in [2.45, 2.75) is 31.7 Å². The Bertz CT molecular complexity index is 117. The minimum atomic E-state index is 0.296. The topological polar surface area (TPSA) is 49.8 Å². The maximum absolute atomic E-state index is 8.49. The Morgan fingerprint density at radius 2 is 1.78 bits per heavy atom. The molecule has 1 saturated carbocycles. The Labute approximate surface area is 55.7 Å². The molecule has 1 rings (SSSR count). The first-order valence-corrected chi connectivity index (χ1v) is 3.48. The molecule has 0 aromatic heterocycles. The van der Waals surface area contributed by atoms with Gasteiger partial charge in [0.2, 0.25) is 0 Å². The lowest BCUT2D eigenvalue weighted by Gasteiger charge is -2.20. The van der Waals surface area contributed by atoms with E-state index >= 15 is 0 Å². The fourth-order valence-electron chi connectivity index (χ4n) is 1.25. The third-order valence-corrected chi connectivity index (χ3v) is 1.95. The van der Waals surface area contributed by atoms with Crippen LogP contribution in [0.1, 0.15) is 25.7 Å². The average molecular weight is 124 g/mol. The van der Waals surface area contributed by atoms with Crippen molar-refractivity contribution in [3.8, 4) is 6.07 Å². The lowest BCUT2D eigenvalue weighted by atomic mass is 9.88. The van der Waals surface area contributed by atoms with Gasteiger partial charge in [-0.15, -0.1) is 0 Å². The molecule has 2 N–H and O–H groups in total. The van der Waals surface area contributed by atoms with Gasteiger partial charge in [0.1, 0.15) is 0 Å². The summed E-state index contributed by atoms with van der Waals surface area (Å²) in [5.41, 5.74) is 5.64. The van der Waals surface area contributed by atoms with Crippen LogP contribution in [0.5, 0.6) is 0 Å². The molecule has 0 amide bonds. The van der Waals surface area contributed by atoms with Crippen LogP contribution in [0.25, 0.3) is 0 Å². The SMILES string of the molecule is N#C[C@H]1CC[C@@H](N)CC1. The normalized spacial score (nSPS) is 35.6. The second-order valence-corrected chi connectivity index (χ2v) is 2.74. The van der Waals surface area contributed by atoms with Crippen LogP contribution in [0.15, 0.2) is 0 Å². The first-order chi connectivity index (χ1) is 4.33. The fourth-order valence-corrected chi connectivity index (χ4v) is 1.25. The molecule has 1 fully saturated rings. The summed E-state index contributed by atoms with van der Waals surface area (Å²) in [4.78, 5) is 0. The maximum atomic E-state index is 8.49. The first-order valence-electron chi connectivity index (χ1n) is 3.48. The Kier molecular flexibility index (Phi) is 2.07. The number of hydrogen-bond acceptors (Lipinski definition) is 2. The van der Waals surface area contributed by atoms with Crippen molar-refractivity contribution in [2.24, 2.45) is 11.7 Å². The molecule has 0 radical (unpaired) electrons. The van der Waals surface area contributed by atoms with Gasteiger partial charge in [-0.1, -0.05) is 0 Å². The van der Waals surface area contributed by atoms with Crippen LogP contribution in [-0.2, 0) is 0 Å². The van der Waals surface area contributed by atoms with Crippen molar-refractivity contribution in [3.63, 3.8) is 0 Å². The zero-order valence-corrected chi connectivity index (χ0v) is 5.51. The fraction of sp³-hybridized carbons (Fsp3) is 0.857. The molecule has 2 heteroatoms. The average Bonchev–Trinajstić information content (AvgIpc) is 1.90. The molecule has 0 aromatic rings. The molecule has 0 spiro atoms. The van der Waals surface area contributed by atoms with Gasteiger partial charge < -0.3 is 5.73 Å². The van der Waals surface area contributed by atoms with Crippen molar-refractivity contribution < 1.29 is 0 Å². The van der Waals surface area contributed by atoms with Crippen molar-refractivity contribution in [1.82, 2.24) is 0 Å². The maximum Gasteiger partial charge on any atom is 0.0655 e. The van der Waals surface area contributed by atoms with E-state index in [0.717, 1.165) is 25.7 Å². The van der Waals surface area contributed by atoms with Gasteiger partial charge in [-0.3, -0.25) is 0 Å². The van der Waals surface area contributed by atoms with Gasteiger partial charge >= 0.3 is 0 Å². The van der Waals surface area contributed by atoms with E-state index in [4.69, 9.17) is 11.0 Å². The molecule has 0 saturated heterocycles. The Morgan fingerprint density at radius 1 is 1.22 bits per heavy atom. The minimum absolute atomic E-state index is 0.296. The predicted octanol–water partition coefficient (Wildman–Crippen LogP) is 1.03. The zero-order valence-electron chi connectivity index (χ0n) is 5.51. The summed E-state index contributed by atoms with van der Waals surface area (Å²) in [5.74, 6) is 0.296. The lowest BCUT2D eigenvalue weighted by molar-refractivity contribution is 0.381. The summed E-state index contributed by atoms with van der Waals surface area (Å²) in [7, 11) is 0. The van der Waals surface area contributed by atoms with Crippen LogP contribution >= 0.6 is 0 Å². The molecule has 50 valence electrons. The number of nitrogens with zero attached hydrogens (tertiary/aromatic N) is 1. The van der Waals surface area contributed by atoms with E-state index in [9.17, 15) is 0 Å². The highest BCUT2D eigenvalue weighted by Crippen LogP contribution is 2.21. The van der Waals surface area contributed by atoms with Crippen LogP contribution in [0.3, 0.4) is 0 Å². The molecule has 0 bridgehead atoms. The van der Waals surface area contributed by atoms with Crippen molar-refractivity contribution in [3.05, 3.63) is 0 Å². The van der Waals surface area contributed by atoms with Gasteiger partial charge in [-0.25, -0.2) is 0 Å². The summed E-state index contributed by atoms with van der Waals surface area (Å²) in [5, 5.41) is 8.49. The van der Waals surface area contributed by atoms with Crippen LogP contribution in [0.4, 0.5) is 0 Å². The smallest absolute Gasteiger partial charge is 0.0655 e. The second-order valence-electron chi connectivity index (χ2n) is 2.74. The Balaban J connectivity index is 2.28. The summed E-state index contributed by atoms with van der Waals surface area (Å²) < 4.78 is 0. The molecule has 0 unspecified atom stereocenters. The van der Waals surface area contributed by atoms with Crippen LogP contribution < -0.4 is 5.73 Å². The molecule has 0 atom stereocenters.